The second kappa shape index (κ2) is 10.9. The number of nitrogens with zero attached hydrogens (tertiary/aromatic N) is 2. The summed E-state index contributed by atoms with van der Waals surface area (Å²) in [5, 5.41) is 13.1. The summed E-state index contributed by atoms with van der Waals surface area (Å²) in [6.07, 6.45) is 1.37. The SMILES string of the molecule is COc1cc(/C=C2\C(=O)NC(=O)N(c3cc(C)cc(C)c3)C2=O)cc(Br)c1OCc1ccc([N+](=O)[O-])cc1. The first-order valence-corrected chi connectivity index (χ1v) is 12.1. The number of non-ortho nitro benzene ring substituents is 1. The zero-order valence-corrected chi connectivity index (χ0v) is 22.2. The maximum atomic E-state index is 13.3. The van der Waals surface area contributed by atoms with E-state index in [-0.39, 0.29) is 17.9 Å². The minimum atomic E-state index is -0.823. The Hall–Kier alpha value is -4.51. The Kier molecular flexibility index (Phi) is 7.58. The zero-order chi connectivity index (χ0) is 27.6. The maximum Gasteiger partial charge on any atom is 0.335 e. The van der Waals surface area contributed by atoms with Crippen LogP contribution in [-0.2, 0) is 16.2 Å². The monoisotopic (exact) mass is 579 g/mol. The Morgan fingerprint density at radius 1 is 1.03 bits per heavy atom. The van der Waals surface area contributed by atoms with Crippen LogP contribution in [0.25, 0.3) is 6.08 Å². The minimum absolute atomic E-state index is 0.0241. The molecule has 4 amide bonds. The highest BCUT2D eigenvalue weighted by Gasteiger charge is 2.37. The van der Waals surface area contributed by atoms with E-state index in [4.69, 9.17) is 9.47 Å². The first-order chi connectivity index (χ1) is 18.1. The van der Waals surface area contributed by atoms with Crippen LogP contribution in [0.3, 0.4) is 0 Å². The Morgan fingerprint density at radius 3 is 2.29 bits per heavy atom. The first kappa shape index (κ1) is 26.6. The fourth-order valence-electron chi connectivity index (χ4n) is 3.97. The fraction of sp³-hybridized carbons (Fsp3) is 0.148. The van der Waals surface area contributed by atoms with Crippen LogP contribution in [0.4, 0.5) is 16.2 Å². The van der Waals surface area contributed by atoms with E-state index in [0.29, 0.717) is 32.8 Å². The van der Waals surface area contributed by atoms with Gasteiger partial charge < -0.3 is 9.47 Å². The summed E-state index contributed by atoms with van der Waals surface area (Å²) >= 11 is 3.44. The van der Waals surface area contributed by atoms with E-state index in [1.54, 1.807) is 36.4 Å². The number of nitro benzene ring substituents is 1. The Labute approximate surface area is 226 Å². The molecular weight excluding hydrogens is 558 g/mol. The van der Waals surface area contributed by atoms with Crippen molar-refractivity contribution in [3.8, 4) is 11.5 Å². The van der Waals surface area contributed by atoms with Gasteiger partial charge in [0.2, 0.25) is 0 Å². The summed E-state index contributed by atoms with van der Waals surface area (Å²) in [6, 6.07) is 13.6. The largest absolute Gasteiger partial charge is 0.493 e. The van der Waals surface area contributed by atoms with Crippen LogP contribution in [0.15, 0.2) is 64.6 Å². The molecule has 0 unspecified atom stereocenters. The van der Waals surface area contributed by atoms with Gasteiger partial charge in [0.1, 0.15) is 12.2 Å². The molecule has 1 heterocycles. The molecule has 1 N–H and O–H groups in total. The molecule has 0 saturated carbocycles. The van der Waals surface area contributed by atoms with Crippen molar-refractivity contribution in [2.75, 3.05) is 12.0 Å². The predicted octanol–water partition coefficient (Wildman–Crippen LogP) is 5.23. The number of methoxy groups -OCH3 is 1. The summed E-state index contributed by atoms with van der Waals surface area (Å²) < 4.78 is 11.8. The smallest absolute Gasteiger partial charge is 0.335 e. The van der Waals surface area contributed by atoms with Crippen molar-refractivity contribution in [3.05, 3.63) is 97.0 Å². The standard InChI is InChI=1S/C27H22BrN3O7/c1-15-8-16(2)10-20(9-15)30-26(33)21(25(32)29-27(30)34)11-18-12-22(28)24(23(13-18)37-3)38-14-17-4-6-19(7-5-17)31(35)36/h4-13H,14H2,1-3H3,(H,29,32,34)/b21-11+. The van der Waals surface area contributed by atoms with Gasteiger partial charge in [-0.2, -0.15) is 0 Å². The third-order valence-corrected chi connectivity index (χ3v) is 6.25. The highest BCUT2D eigenvalue weighted by atomic mass is 79.9. The van der Waals surface area contributed by atoms with Crippen molar-refractivity contribution in [3.63, 3.8) is 0 Å². The van der Waals surface area contributed by atoms with Gasteiger partial charge in [-0.3, -0.25) is 25.0 Å². The molecule has 0 aromatic heterocycles. The number of nitro groups is 1. The normalized spacial score (nSPS) is 14.5. The van der Waals surface area contributed by atoms with E-state index < -0.39 is 22.8 Å². The number of carbonyl (C=O) groups excluding carboxylic acids is 3. The van der Waals surface area contributed by atoms with Crippen LogP contribution in [-0.4, -0.2) is 29.9 Å². The molecule has 0 atom stereocenters. The number of halogens is 1. The topological polar surface area (TPSA) is 128 Å². The molecule has 4 rings (SSSR count). The molecule has 1 fully saturated rings. The van der Waals surface area contributed by atoms with Gasteiger partial charge in [0.15, 0.2) is 11.5 Å². The molecule has 1 saturated heterocycles. The lowest BCUT2D eigenvalue weighted by Gasteiger charge is -2.27. The molecule has 11 heteroatoms. The van der Waals surface area contributed by atoms with E-state index in [1.807, 2.05) is 19.9 Å². The third kappa shape index (κ3) is 5.57. The molecule has 38 heavy (non-hydrogen) atoms. The lowest BCUT2D eigenvalue weighted by molar-refractivity contribution is -0.384. The fourth-order valence-corrected chi connectivity index (χ4v) is 4.55. The van der Waals surface area contributed by atoms with Gasteiger partial charge >= 0.3 is 6.03 Å². The summed E-state index contributed by atoms with van der Waals surface area (Å²) in [4.78, 5) is 49.7. The maximum absolute atomic E-state index is 13.3. The number of aryl methyl sites for hydroxylation is 2. The number of carbonyl (C=O) groups is 3. The summed E-state index contributed by atoms with van der Waals surface area (Å²) in [5.74, 6) is -0.884. The van der Waals surface area contributed by atoms with Crippen molar-refractivity contribution < 1.29 is 28.8 Å². The summed E-state index contributed by atoms with van der Waals surface area (Å²) in [5.41, 5.74) is 2.99. The van der Waals surface area contributed by atoms with Gasteiger partial charge in [-0.25, -0.2) is 9.69 Å². The Morgan fingerprint density at radius 2 is 1.68 bits per heavy atom. The average Bonchev–Trinajstić information content (AvgIpc) is 2.85. The number of anilines is 1. The van der Waals surface area contributed by atoms with Gasteiger partial charge in [-0.15, -0.1) is 0 Å². The second-order valence-electron chi connectivity index (χ2n) is 8.55. The highest BCUT2D eigenvalue weighted by Crippen LogP contribution is 2.38. The molecule has 0 aliphatic carbocycles. The number of urea groups is 1. The van der Waals surface area contributed by atoms with Crippen LogP contribution in [0.5, 0.6) is 11.5 Å². The lowest BCUT2D eigenvalue weighted by atomic mass is 10.0. The second-order valence-corrected chi connectivity index (χ2v) is 9.40. The summed E-state index contributed by atoms with van der Waals surface area (Å²) in [7, 11) is 1.44. The van der Waals surface area contributed by atoms with Gasteiger partial charge in [0.05, 0.1) is 22.2 Å². The zero-order valence-electron chi connectivity index (χ0n) is 20.6. The van der Waals surface area contributed by atoms with Crippen molar-refractivity contribution in [1.29, 1.82) is 0 Å². The van der Waals surface area contributed by atoms with Crippen LogP contribution < -0.4 is 19.7 Å². The number of imide groups is 2. The molecular formula is C27H22BrN3O7. The number of hydrogen-bond donors (Lipinski definition) is 1. The minimum Gasteiger partial charge on any atom is -0.493 e. The van der Waals surface area contributed by atoms with Crippen LogP contribution in [0.2, 0.25) is 0 Å². The van der Waals surface area contributed by atoms with Gasteiger partial charge in [-0.05, 0) is 94.5 Å². The van der Waals surface area contributed by atoms with Gasteiger partial charge in [0.25, 0.3) is 17.5 Å². The predicted molar refractivity (Wildman–Crippen MR) is 143 cm³/mol. The molecule has 0 radical (unpaired) electrons. The Balaban J connectivity index is 1.62. The molecule has 3 aromatic carbocycles. The van der Waals surface area contributed by atoms with Crippen molar-refractivity contribution in [1.82, 2.24) is 5.32 Å². The van der Waals surface area contributed by atoms with Crippen LogP contribution in [0, 0.1) is 24.0 Å². The summed E-state index contributed by atoms with van der Waals surface area (Å²) in [6.45, 7) is 3.81. The number of barbiturate groups is 1. The first-order valence-electron chi connectivity index (χ1n) is 11.3. The van der Waals surface area contributed by atoms with Crippen molar-refractivity contribution in [2.45, 2.75) is 20.5 Å². The quantitative estimate of drug-likeness (QED) is 0.176. The average molecular weight is 580 g/mol. The molecule has 10 nitrogen and oxygen atoms in total. The van der Waals surface area contributed by atoms with E-state index in [0.717, 1.165) is 16.0 Å². The van der Waals surface area contributed by atoms with Crippen LogP contribution in [0.1, 0.15) is 22.3 Å². The molecule has 0 bridgehead atoms. The van der Waals surface area contributed by atoms with Crippen LogP contribution >= 0.6 is 15.9 Å². The van der Waals surface area contributed by atoms with E-state index in [2.05, 4.69) is 21.2 Å². The molecule has 194 valence electrons. The van der Waals surface area contributed by atoms with E-state index in [1.165, 1.54) is 25.3 Å². The number of nitrogens with one attached hydrogen (secondary N) is 1. The van der Waals surface area contributed by atoms with Crippen molar-refractivity contribution in [2.24, 2.45) is 0 Å². The number of ether oxygens (including phenoxy) is 2. The number of benzene rings is 3. The lowest BCUT2D eigenvalue weighted by Crippen LogP contribution is -2.54. The van der Waals surface area contributed by atoms with Gasteiger partial charge in [0, 0.05) is 12.1 Å². The molecule has 0 spiro atoms. The van der Waals surface area contributed by atoms with Crippen molar-refractivity contribution >= 4 is 51.2 Å². The number of rotatable bonds is 7. The highest BCUT2D eigenvalue weighted by molar-refractivity contribution is 9.10. The molecule has 3 aromatic rings. The third-order valence-electron chi connectivity index (χ3n) is 5.66. The van der Waals surface area contributed by atoms with E-state index >= 15 is 0 Å². The van der Waals surface area contributed by atoms with Gasteiger partial charge in [-0.1, -0.05) is 6.07 Å². The molecule has 1 aliphatic heterocycles. The Bertz CT molecular complexity index is 1480. The number of amides is 4. The van der Waals surface area contributed by atoms with E-state index in [9.17, 15) is 24.5 Å². The number of hydrogen-bond acceptors (Lipinski definition) is 7. The molecule has 1 aliphatic rings.